The van der Waals surface area contributed by atoms with Crippen molar-refractivity contribution in [1.29, 1.82) is 0 Å². The van der Waals surface area contributed by atoms with Crippen LogP contribution in [-0.4, -0.2) is 33.6 Å². The summed E-state index contributed by atoms with van der Waals surface area (Å²) in [6, 6.07) is 10.2. The second-order valence-corrected chi connectivity index (χ2v) is 10.8. The fraction of sp³-hybridized carbons (Fsp3) is 0.462. The van der Waals surface area contributed by atoms with Gasteiger partial charge < -0.3 is 9.47 Å². The Morgan fingerprint density at radius 2 is 1.54 bits per heavy atom. The molecule has 0 heterocycles. The Bertz CT molecular complexity index is 1150. The average Bonchev–Trinajstić information content (AvgIpc) is 3.14. The maximum atomic E-state index is 13.3. The summed E-state index contributed by atoms with van der Waals surface area (Å²) in [7, 11) is -4.05. The van der Waals surface area contributed by atoms with Crippen LogP contribution >= 0.6 is 11.6 Å². The third-order valence-electron chi connectivity index (χ3n) is 6.07. The van der Waals surface area contributed by atoms with Crippen molar-refractivity contribution in [1.82, 2.24) is 4.72 Å². The number of carbonyl (C=O) groups excluding carboxylic acids is 2. The van der Waals surface area contributed by atoms with E-state index in [1.54, 1.807) is 30.3 Å². The molecule has 0 saturated heterocycles. The summed E-state index contributed by atoms with van der Waals surface area (Å²) in [5.41, 5.74) is 1.76. The van der Waals surface area contributed by atoms with Gasteiger partial charge in [0.2, 0.25) is 10.0 Å². The summed E-state index contributed by atoms with van der Waals surface area (Å²) >= 11 is 6.51. The van der Waals surface area contributed by atoms with Crippen LogP contribution in [0, 0.1) is 12.8 Å². The van der Waals surface area contributed by atoms with E-state index in [4.69, 9.17) is 21.1 Å². The molecule has 35 heavy (non-hydrogen) atoms. The highest BCUT2D eigenvalue weighted by atomic mass is 35.5. The standard InChI is InChI=1S/C26H32ClNO6S/c1-4-6-15-33-25(29)22-19-9-8-10-20(27)21(19)24(23(22)26(30)34-16-7-5-2)28-35(31,32)18-13-11-17(3)12-14-18/h8-14,22-24,28H,4-7,15-16H2,1-3H3/t22-,23-,24-/m1/s1. The number of sulfonamides is 1. The lowest BCUT2D eigenvalue weighted by Crippen LogP contribution is -2.38. The molecule has 0 unspecified atom stereocenters. The van der Waals surface area contributed by atoms with E-state index >= 15 is 0 Å². The number of nitrogens with one attached hydrogen (secondary N) is 1. The number of fused-ring (bicyclic) bond motifs is 1. The van der Waals surface area contributed by atoms with Crippen molar-refractivity contribution in [3.05, 3.63) is 64.2 Å². The second-order valence-electron chi connectivity index (χ2n) is 8.70. The van der Waals surface area contributed by atoms with Gasteiger partial charge in [-0.1, -0.05) is 68.1 Å². The van der Waals surface area contributed by atoms with Crippen LogP contribution in [0.25, 0.3) is 0 Å². The lowest BCUT2D eigenvalue weighted by Gasteiger charge is -2.24. The topological polar surface area (TPSA) is 98.8 Å². The number of esters is 2. The predicted octanol–water partition coefficient (Wildman–Crippen LogP) is 5.07. The Morgan fingerprint density at radius 3 is 2.14 bits per heavy atom. The van der Waals surface area contributed by atoms with E-state index in [1.807, 2.05) is 20.8 Å². The first-order valence-electron chi connectivity index (χ1n) is 11.9. The van der Waals surface area contributed by atoms with Crippen molar-refractivity contribution in [2.24, 2.45) is 5.92 Å². The molecule has 1 aliphatic carbocycles. The summed E-state index contributed by atoms with van der Waals surface area (Å²) < 4.78 is 40.2. The molecule has 3 rings (SSSR count). The first-order chi connectivity index (χ1) is 16.7. The zero-order valence-corrected chi connectivity index (χ0v) is 21.8. The third kappa shape index (κ3) is 6.23. The average molecular weight is 522 g/mol. The normalized spacial score (nSPS) is 19.3. The molecule has 0 bridgehead atoms. The maximum absolute atomic E-state index is 13.3. The van der Waals surface area contributed by atoms with Crippen molar-refractivity contribution in [2.75, 3.05) is 13.2 Å². The molecule has 2 aromatic carbocycles. The Balaban J connectivity index is 2.05. The minimum atomic E-state index is -4.05. The molecule has 1 N–H and O–H groups in total. The molecule has 190 valence electrons. The highest BCUT2D eigenvalue weighted by molar-refractivity contribution is 7.89. The predicted molar refractivity (Wildman–Crippen MR) is 134 cm³/mol. The summed E-state index contributed by atoms with van der Waals surface area (Å²) in [5, 5.41) is 0.259. The Morgan fingerprint density at radius 1 is 0.943 bits per heavy atom. The molecular weight excluding hydrogens is 490 g/mol. The van der Waals surface area contributed by atoms with Gasteiger partial charge in [0.15, 0.2) is 0 Å². The van der Waals surface area contributed by atoms with Crippen LogP contribution in [0.2, 0.25) is 5.02 Å². The van der Waals surface area contributed by atoms with Crippen molar-refractivity contribution >= 4 is 33.6 Å². The van der Waals surface area contributed by atoms with Crippen LogP contribution in [-0.2, 0) is 29.1 Å². The van der Waals surface area contributed by atoms with Gasteiger partial charge in [0.05, 0.1) is 36.0 Å². The molecule has 0 aromatic heterocycles. The maximum Gasteiger partial charge on any atom is 0.314 e. The number of carbonyl (C=O) groups is 2. The molecule has 0 fully saturated rings. The molecule has 1 aliphatic rings. The monoisotopic (exact) mass is 521 g/mol. The summed E-state index contributed by atoms with van der Waals surface area (Å²) in [6.07, 6.45) is 2.98. The van der Waals surface area contributed by atoms with Gasteiger partial charge >= 0.3 is 11.9 Å². The smallest absolute Gasteiger partial charge is 0.314 e. The van der Waals surface area contributed by atoms with Crippen LogP contribution in [0.4, 0.5) is 0 Å². The minimum absolute atomic E-state index is 0.0452. The van der Waals surface area contributed by atoms with E-state index in [0.29, 0.717) is 24.0 Å². The highest BCUT2D eigenvalue weighted by Gasteiger charge is 2.52. The van der Waals surface area contributed by atoms with Crippen molar-refractivity contribution in [3.8, 4) is 0 Å². The van der Waals surface area contributed by atoms with Gasteiger partial charge in [0.1, 0.15) is 0 Å². The quantitative estimate of drug-likeness (QED) is 0.327. The molecule has 3 atom stereocenters. The molecule has 0 aliphatic heterocycles. The zero-order valence-electron chi connectivity index (χ0n) is 20.3. The zero-order chi connectivity index (χ0) is 25.6. The molecule has 9 heteroatoms. The van der Waals surface area contributed by atoms with Crippen LogP contribution in [0.15, 0.2) is 47.4 Å². The molecular formula is C26H32ClNO6S. The number of rotatable bonds is 11. The van der Waals surface area contributed by atoms with Crippen LogP contribution in [0.3, 0.4) is 0 Å². The van der Waals surface area contributed by atoms with Crippen LogP contribution < -0.4 is 4.72 Å². The fourth-order valence-electron chi connectivity index (χ4n) is 4.17. The van der Waals surface area contributed by atoms with E-state index in [0.717, 1.165) is 18.4 Å². The van der Waals surface area contributed by atoms with E-state index in [2.05, 4.69) is 4.72 Å². The number of aryl methyl sites for hydroxylation is 1. The first kappa shape index (κ1) is 27.2. The summed E-state index contributed by atoms with van der Waals surface area (Å²) in [6.45, 7) is 6.17. The molecule has 0 amide bonds. The number of unbranched alkanes of at least 4 members (excludes halogenated alkanes) is 2. The molecule has 0 saturated carbocycles. The number of benzene rings is 2. The Labute approximate surface area is 212 Å². The summed E-state index contributed by atoms with van der Waals surface area (Å²) in [4.78, 5) is 26.6. The van der Waals surface area contributed by atoms with Crippen LogP contribution in [0.5, 0.6) is 0 Å². The lowest BCUT2D eigenvalue weighted by molar-refractivity contribution is -0.157. The van der Waals surface area contributed by atoms with Gasteiger partial charge in [0.25, 0.3) is 0 Å². The molecule has 0 spiro atoms. The van der Waals surface area contributed by atoms with E-state index in [9.17, 15) is 18.0 Å². The fourth-order valence-corrected chi connectivity index (χ4v) is 5.70. The van der Waals surface area contributed by atoms with Gasteiger partial charge in [-0.05, 0) is 49.1 Å². The van der Waals surface area contributed by atoms with Gasteiger partial charge in [0, 0.05) is 5.02 Å². The van der Waals surface area contributed by atoms with Gasteiger partial charge in [-0.2, -0.15) is 0 Å². The first-order valence-corrected chi connectivity index (χ1v) is 13.8. The van der Waals surface area contributed by atoms with E-state index in [1.165, 1.54) is 12.1 Å². The number of ether oxygens (including phenoxy) is 2. The SMILES string of the molecule is CCCCOC(=O)[C@H]1[C@H](NS(=O)(=O)c2ccc(C)cc2)c2c(Cl)cccc2[C@H]1C(=O)OCCCC. The Kier molecular flexibility index (Phi) is 9.33. The summed E-state index contributed by atoms with van der Waals surface area (Å²) in [5.74, 6) is -3.47. The number of halogens is 1. The third-order valence-corrected chi connectivity index (χ3v) is 7.86. The van der Waals surface area contributed by atoms with Crippen molar-refractivity contribution in [3.63, 3.8) is 0 Å². The molecule has 2 aromatic rings. The lowest BCUT2D eigenvalue weighted by atomic mass is 9.91. The van der Waals surface area contributed by atoms with E-state index in [-0.39, 0.29) is 23.1 Å². The van der Waals surface area contributed by atoms with Gasteiger partial charge in [-0.15, -0.1) is 0 Å². The molecule has 0 radical (unpaired) electrons. The number of hydrogen-bond acceptors (Lipinski definition) is 6. The highest BCUT2D eigenvalue weighted by Crippen LogP contribution is 2.49. The van der Waals surface area contributed by atoms with Gasteiger partial charge in [-0.3, -0.25) is 9.59 Å². The van der Waals surface area contributed by atoms with Gasteiger partial charge in [-0.25, -0.2) is 13.1 Å². The van der Waals surface area contributed by atoms with E-state index < -0.39 is 39.8 Å². The Hall–Kier alpha value is -2.42. The number of hydrogen-bond donors (Lipinski definition) is 1. The largest absolute Gasteiger partial charge is 0.465 e. The van der Waals surface area contributed by atoms with Crippen molar-refractivity contribution in [2.45, 2.75) is 63.3 Å². The minimum Gasteiger partial charge on any atom is -0.465 e. The van der Waals surface area contributed by atoms with Crippen molar-refractivity contribution < 1.29 is 27.5 Å². The van der Waals surface area contributed by atoms with Crippen LogP contribution in [0.1, 0.15) is 68.2 Å². The molecule has 7 nitrogen and oxygen atoms in total. The second kappa shape index (κ2) is 12.0.